The summed E-state index contributed by atoms with van der Waals surface area (Å²) >= 11 is 0. The molecule has 3 rings (SSSR count). The number of rotatable bonds is 3. The van der Waals surface area contributed by atoms with Gasteiger partial charge in [0.05, 0.1) is 5.56 Å². The van der Waals surface area contributed by atoms with Gasteiger partial charge in [0.15, 0.2) is 5.78 Å². The maximum absolute atomic E-state index is 12.6. The summed E-state index contributed by atoms with van der Waals surface area (Å²) in [6.07, 6.45) is 0. The van der Waals surface area contributed by atoms with Crippen molar-refractivity contribution in [2.75, 3.05) is 0 Å². The Balaban J connectivity index is 2.10. The molecule has 0 saturated carbocycles. The lowest BCUT2D eigenvalue weighted by Gasteiger charge is -2.07. The van der Waals surface area contributed by atoms with Crippen LogP contribution in [0, 0.1) is 0 Å². The fourth-order valence-corrected chi connectivity index (χ4v) is 2.63. The van der Waals surface area contributed by atoms with Gasteiger partial charge in [0.1, 0.15) is 6.61 Å². The first-order valence-electron chi connectivity index (χ1n) is 6.66. The zero-order valence-corrected chi connectivity index (χ0v) is 11.8. The van der Waals surface area contributed by atoms with Crippen molar-refractivity contribution in [3.8, 4) is 11.1 Å². The van der Waals surface area contributed by atoms with Gasteiger partial charge < -0.3 is 9.84 Å². The van der Waals surface area contributed by atoms with Crippen molar-refractivity contribution in [2.45, 2.75) is 13.5 Å². The first-order valence-corrected chi connectivity index (χ1v) is 6.66. The highest BCUT2D eigenvalue weighted by Crippen LogP contribution is 2.38. The van der Waals surface area contributed by atoms with E-state index in [-0.39, 0.29) is 18.0 Å². The number of ether oxygens (including phenoxy) is 1. The van der Waals surface area contributed by atoms with Crippen molar-refractivity contribution < 1.29 is 24.2 Å². The largest absolute Gasteiger partial charge is 0.478 e. The van der Waals surface area contributed by atoms with Crippen molar-refractivity contribution in [3.63, 3.8) is 0 Å². The van der Waals surface area contributed by atoms with Crippen LogP contribution in [0.3, 0.4) is 0 Å². The summed E-state index contributed by atoms with van der Waals surface area (Å²) in [7, 11) is 0. The highest BCUT2D eigenvalue weighted by Gasteiger charge is 2.29. The number of ketones is 1. The van der Waals surface area contributed by atoms with Crippen LogP contribution in [0.2, 0.25) is 0 Å². The predicted molar refractivity (Wildman–Crippen MR) is 77.7 cm³/mol. The van der Waals surface area contributed by atoms with Gasteiger partial charge in [0, 0.05) is 23.6 Å². The molecule has 0 saturated heterocycles. The maximum Gasteiger partial charge on any atom is 0.335 e. The number of carbonyl (C=O) groups excluding carboxylic acids is 2. The van der Waals surface area contributed by atoms with Crippen LogP contribution in [0.5, 0.6) is 0 Å². The van der Waals surface area contributed by atoms with Crippen molar-refractivity contribution in [3.05, 3.63) is 58.7 Å². The van der Waals surface area contributed by atoms with Crippen LogP contribution in [-0.2, 0) is 16.1 Å². The third-order valence-electron chi connectivity index (χ3n) is 3.61. The van der Waals surface area contributed by atoms with E-state index in [1.54, 1.807) is 24.3 Å². The zero-order chi connectivity index (χ0) is 15.9. The highest BCUT2D eigenvalue weighted by molar-refractivity contribution is 6.23. The van der Waals surface area contributed by atoms with Gasteiger partial charge in [0.2, 0.25) is 0 Å². The minimum atomic E-state index is -1.08. The molecular formula is C17H12O5. The number of esters is 1. The van der Waals surface area contributed by atoms with Crippen molar-refractivity contribution in [1.82, 2.24) is 0 Å². The lowest BCUT2D eigenvalue weighted by Crippen LogP contribution is -2.05. The summed E-state index contributed by atoms with van der Waals surface area (Å²) in [5.41, 5.74) is 2.97. The molecular weight excluding hydrogens is 284 g/mol. The fraction of sp³-hybridized carbons (Fsp3) is 0.118. The molecule has 0 amide bonds. The third-order valence-corrected chi connectivity index (χ3v) is 3.61. The Kier molecular flexibility index (Phi) is 3.25. The SMILES string of the molecule is CC(=O)OCc1cccc2c1C(=O)c1cc(C(=O)O)ccc1-2. The maximum atomic E-state index is 12.6. The quantitative estimate of drug-likeness (QED) is 0.751. The van der Waals surface area contributed by atoms with Gasteiger partial charge >= 0.3 is 11.9 Å². The van der Waals surface area contributed by atoms with E-state index in [0.717, 1.165) is 5.56 Å². The number of fused-ring (bicyclic) bond motifs is 3. The standard InChI is InChI=1S/C17H12O5/c1-9(18)22-8-11-3-2-4-13-12-6-5-10(17(20)21)7-14(12)16(19)15(11)13/h2-7H,8H2,1H3,(H,20,21). The summed E-state index contributed by atoms with van der Waals surface area (Å²) in [6.45, 7) is 1.32. The Bertz CT molecular complexity index is 820. The summed E-state index contributed by atoms with van der Waals surface area (Å²) in [4.78, 5) is 34.6. The molecule has 1 aliphatic carbocycles. The van der Waals surface area contributed by atoms with E-state index in [1.807, 2.05) is 0 Å². The van der Waals surface area contributed by atoms with E-state index in [9.17, 15) is 14.4 Å². The smallest absolute Gasteiger partial charge is 0.335 e. The van der Waals surface area contributed by atoms with Crippen LogP contribution in [-0.4, -0.2) is 22.8 Å². The van der Waals surface area contributed by atoms with E-state index < -0.39 is 11.9 Å². The minimum absolute atomic E-state index is 0.0179. The molecule has 22 heavy (non-hydrogen) atoms. The summed E-state index contributed by atoms with van der Waals surface area (Å²) in [6, 6.07) is 9.81. The van der Waals surface area contributed by atoms with Crippen LogP contribution in [0.4, 0.5) is 0 Å². The van der Waals surface area contributed by atoms with Crippen LogP contribution in [0.25, 0.3) is 11.1 Å². The van der Waals surface area contributed by atoms with E-state index in [0.29, 0.717) is 22.3 Å². The molecule has 110 valence electrons. The van der Waals surface area contributed by atoms with Gasteiger partial charge in [-0.3, -0.25) is 9.59 Å². The first kappa shape index (κ1) is 14.0. The van der Waals surface area contributed by atoms with E-state index in [2.05, 4.69) is 0 Å². The highest BCUT2D eigenvalue weighted by atomic mass is 16.5. The molecule has 5 nitrogen and oxygen atoms in total. The first-order chi connectivity index (χ1) is 10.5. The average molecular weight is 296 g/mol. The number of carboxylic acid groups (broad SMARTS) is 1. The lowest BCUT2D eigenvalue weighted by molar-refractivity contribution is -0.142. The molecule has 0 unspecified atom stereocenters. The number of aromatic carboxylic acids is 1. The topological polar surface area (TPSA) is 80.7 Å². The van der Waals surface area contributed by atoms with E-state index in [4.69, 9.17) is 9.84 Å². The molecule has 0 fully saturated rings. The minimum Gasteiger partial charge on any atom is -0.478 e. The summed E-state index contributed by atoms with van der Waals surface area (Å²) in [5, 5.41) is 9.05. The van der Waals surface area contributed by atoms with Crippen LogP contribution in [0.1, 0.15) is 38.8 Å². The van der Waals surface area contributed by atoms with Gasteiger partial charge in [0.25, 0.3) is 0 Å². The Morgan fingerprint density at radius 1 is 1.09 bits per heavy atom. The average Bonchev–Trinajstić information content (AvgIpc) is 2.78. The summed E-state index contributed by atoms with van der Waals surface area (Å²) < 4.78 is 4.98. The molecule has 0 spiro atoms. The Labute approximate surface area is 126 Å². The second-order valence-electron chi connectivity index (χ2n) is 5.01. The van der Waals surface area contributed by atoms with Crippen LogP contribution in [0.15, 0.2) is 36.4 Å². The van der Waals surface area contributed by atoms with Gasteiger partial charge in [-0.1, -0.05) is 24.3 Å². The molecule has 0 heterocycles. The number of carboxylic acids is 1. The van der Waals surface area contributed by atoms with Crippen LogP contribution >= 0.6 is 0 Å². The van der Waals surface area contributed by atoms with E-state index in [1.165, 1.54) is 19.1 Å². The monoisotopic (exact) mass is 296 g/mol. The van der Waals surface area contributed by atoms with Gasteiger partial charge in [-0.15, -0.1) is 0 Å². The molecule has 0 radical (unpaired) electrons. The van der Waals surface area contributed by atoms with Crippen molar-refractivity contribution in [2.24, 2.45) is 0 Å². The fourth-order valence-electron chi connectivity index (χ4n) is 2.63. The molecule has 0 aliphatic heterocycles. The van der Waals surface area contributed by atoms with Gasteiger partial charge in [-0.05, 0) is 23.3 Å². The van der Waals surface area contributed by atoms with Gasteiger partial charge in [-0.25, -0.2) is 4.79 Å². The Hall–Kier alpha value is -2.95. The van der Waals surface area contributed by atoms with Crippen molar-refractivity contribution in [1.29, 1.82) is 0 Å². The number of benzene rings is 2. The molecule has 2 aromatic rings. The lowest BCUT2D eigenvalue weighted by atomic mass is 10.0. The normalized spacial score (nSPS) is 11.8. The number of hydrogen-bond acceptors (Lipinski definition) is 4. The molecule has 5 heteroatoms. The predicted octanol–water partition coefficient (Wildman–Crippen LogP) is 2.66. The molecule has 0 atom stereocenters. The molecule has 0 aromatic heterocycles. The molecule has 0 bridgehead atoms. The summed E-state index contributed by atoms with van der Waals surface area (Å²) in [5.74, 6) is -1.74. The van der Waals surface area contributed by atoms with Crippen molar-refractivity contribution >= 4 is 17.7 Å². The number of hydrogen-bond donors (Lipinski definition) is 1. The van der Waals surface area contributed by atoms with Gasteiger partial charge in [-0.2, -0.15) is 0 Å². The van der Waals surface area contributed by atoms with Crippen LogP contribution < -0.4 is 0 Å². The molecule has 2 aromatic carbocycles. The number of carbonyl (C=O) groups is 3. The van der Waals surface area contributed by atoms with E-state index >= 15 is 0 Å². The Morgan fingerprint density at radius 3 is 2.55 bits per heavy atom. The molecule has 1 N–H and O–H groups in total. The zero-order valence-electron chi connectivity index (χ0n) is 11.8. The third kappa shape index (κ3) is 2.16. The molecule has 1 aliphatic rings. The Morgan fingerprint density at radius 2 is 1.86 bits per heavy atom. The second-order valence-corrected chi connectivity index (χ2v) is 5.01. The second kappa shape index (κ2) is 5.11.